The van der Waals surface area contributed by atoms with E-state index in [1.54, 1.807) is 0 Å². The smallest absolute Gasteiger partial charge is 0.110 e. The molecule has 0 amide bonds. The van der Waals surface area contributed by atoms with E-state index in [9.17, 15) is 0 Å². The van der Waals surface area contributed by atoms with Crippen molar-refractivity contribution >= 4 is 11.0 Å². The molecule has 3 heteroatoms. The predicted octanol–water partition coefficient (Wildman–Crippen LogP) is 5.06. The molecule has 0 unspecified atom stereocenters. The zero-order chi connectivity index (χ0) is 16.7. The average Bonchev–Trinajstić information content (AvgIpc) is 2.90. The lowest BCUT2D eigenvalue weighted by Crippen LogP contribution is -2.26. The molecular formula is C20H33N3. The standard InChI is InChI=1S/C20H33N3/c1-5-14-22(15-6-2)16-10-9-13-20-21-18-11-7-8-12-19(18)23(20)17(3)4/h7-8,11-12,17H,5-6,9-10,13-16H2,1-4H3. The molecule has 0 radical (unpaired) electrons. The Morgan fingerprint density at radius 1 is 1.00 bits per heavy atom. The molecule has 0 aliphatic carbocycles. The van der Waals surface area contributed by atoms with Crippen molar-refractivity contribution in [2.45, 2.75) is 65.8 Å². The van der Waals surface area contributed by atoms with Gasteiger partial charge in [0.15, 0.2) is 0 Å². The number of hydrogen-bond acceptors (Lipinski definition) is 2. The number of nitrogens with zero attached hydrogens (tertiary/aromatic N) is 3. The van der Waals surface area contributed by atoms with E-state index in [1.807, 2.05) is 0 Å². The van der Waals surface area contributed by atoms with Crippen LogP contribution in [0.2, 0.25) is 0 Å². The van der Waals surface area contributed by atoms with E-state index in [0.717, 1.165) is 11.9 Å². The zero-order valence-electron chi connectivity index (χ0n) is 15.4. The highest BCUT2D eigenvalue weighted by atomic mass is 15.1. The number of benzene rings is 1. The summed E-state index contributed by atoms with van der Waals surface area (Å²) in [5, 5.41) is 0. The third-order valence-electron chi connectivity index (χ3n) is 4.39. The van der Waals surface area contributed by atoms with Crippen LogP contribution in [0.15, 0.2) is 24.3 Å². The molecule has 3 nitrogen and oxygen atoms in total. The maximum Gasteiger partial charge on any atom is 0.110 e. The maximum atomic E-state index is 4.87. The van der Waals surface area contributed by atoms with Gasteiger partial charge in [0.25, 0.3) is 0 Å². The topological polar surface area (TPSA) is 21.1 Å². The molecule has 128 valence electrons. The molecule has 0 saturated carbocycles. The normalized spacial score (nSPS) is 11.9. The lowest BCUT2D eigenvalue weighted by Gasteiger charge is -2.20. The number of para-hydroxylation sites is 2. The van der Waals surface area contributed by atoms with E-state index >= 15 is 0 Å². The van der Waals surface area contributed by atoms with Crippen molar-refractivity contribution in [1.29, 1.82) is 0 Å². The van der Waals surface area contributed by atoms with Gasteiger partial charge in [0.05, 0.1) is 11.0 Å². The molecule has 0 spiro atoms. The molecule has 0 N–H and O–H groups in total. The lowest BCUT2D eigenvalue weighted by atomic mass is 10.2. The molecular weight excluding hydrogens is 282 g/mol. The van der Waals surface area contributed by atoms with Gasteiger partial charge in [-0.2, -0.15) is 0 Å². The second kappa shape index (κ2) is 9.07. The van der Waals surface area contributed by atoms with Crippen LogP contribution >= 0.6 is 0 Å². The van der Waals surface area contributed by atoms with Gasteiger partial charge in [0.2, 0.25) is 0 Å². The summed E-state index contributed by atoms with van der Waals surface area (Å²) in [5.41, 5.74) is 2.41. The first-order chi connectivity index (χ1) is 11.2. The molecule has 23 heavy (non-hydrogen) atoms. The van der Waals surface area contributed by atoms with E-state index in [0.29, 0.717) is 6.04 Å². The first kappa shape index (κ1) is 18.0. The zero-order valence-corrected chi connectivity index (χ0v) is 15.4. The second-order valence-corrected chi connectivity index (χ2v) is 6.78. The number of aryl methyl sites for hydroxylation is 1. The van der Waals surface area contributed by atoms with Crippen molar-refractivity contribution in [1.82, 2.24) is 14.5 Å². The molecule has 0 saturated heterocycles. The Bertz CT molecular complexity index is 580. The van der Waals surface area contributed by atoms with Crippen LogP contribution in [0.4, 0.5) is 0 Å². The molecule has 1 heterocycles. The van der Waals surface area contributed by atoms with E-state index < -0.39 is 0 Å². The third-order valence-corrected chi connectivity index (χ3v) is 4.39. The molecule has 1 aromatic carbocycles. The van der Waals surface area contributed by atoms with Gasteiger partial charge in [0.1, 0.15) is 5.82 Å². The van der Waals surface area contributed by atoms with Crippen LogP contribution in [-0.4, -0.2) is 34.1 Å². The van der Waals surface area contributed by atoms with Crippen LogP contribution in [-0.2, 0) is 6.42 Å². The predicted molar refractivity (Wildman–Crippen MR) is 100 cm³/mol. The summed E-state index contributed by atoms with van der Waals surface area (Å²) in [4.78, 5) is 7.48. The van der Waals surface area contributed by atoms with Gasteiger partial charge in [0, 0.05) is 12.5 Å². The highest BCUT2D eigenvalue weighted by molar-refractivity contribution is 5.76. The third kappa shape index (κ3) is 4.81. The summed E-state index contributed by atoms with van der Waals surface area (Å²) >= 11 is 0. The first-order valence-electron chi connectivity index (χ1n) is 9.35. The van der Waals surface area contributed by atoms with Gasteiger partial charge in [-0.25, -0.2) is 4.98 Å². The number of fused-ring (bicyclic) bond motifs is 1. The van der Waals surface area contributed by atoms with E-state index in [2.05, 4.69) is 61.4 Å². The van der Waals surface area contributed by atoms with Gasteiger partial charge < -0.3 is 9.47 Å². The van der Waals surface area contributed by atoms with Crippen LogP contribution in [0.1, 0.15) is 65.2 Å². The molecule has 0 fully saturated rings. The van der Waals surface area contributed by atoms with Gasteiger partial charge in [-0.05, 0) is 71.3 Å². The molecule has 1 aromatic heterocycles. The second-order valence-electron chi connectivity index (χ2n) is 6.78. The largest absolute Gasteiger partial charge is 0.325 e. The fourth-order valence-electron chi connectivity index (χ4n) is 3.43. The van der Waals surface area contributed by atoms with Crippen LogP contribution in [0.25, 0.3) is 11.0 Å². The van der Waals surface area contributed by atoms with Crippen molar-refractivity contribution in [3.63, 3.8) is 0 Å². The Morgan fingerprint density at radius 2 is 1.70 bits per heavy atom. The van der Waals surface area contributed by atoms with Crippen molar-refractivity contribution in [3.8, 4) is 0 Å². The van der Waals surface area contributed by atoms with E-state index in [4.69, 9.17) is 4.98 Å². The van der Waals surface area contributed by atoms with Gasteiger partial charge in [-0.3, -0.25) is 0 Å². The summed E-state index contributed by atoms with van der Waals surface area (Å²) in [6.07, 6.45) is 6.08. The Morgan fingerprint density at radius 3 is 2.35 bits per heavy atom. The van der Waals surface area contributed by atoms with E-state index in [1.165, 1.54) is 56.7 Å². The van der Waals surface area contributed by atoms with Gasteiger partial charge in [-0.15, -0.1) is 0 Å². The number of hydrogen-bond donors (Lipinski definition) is 0. The van der Waals surface area contributed by atoms with Gasteiger partial charge in [-0.1, -0.05) is 26.0 Å². The fourth-order valence-corrected chi connectivity index (χ4v) is 3.43. The van der Waals surface area contributed by atoms with E-state index in [-0.39, 0.29) is 0 Å². The molecule has 2 rings (SSSR count). The molecule has 2 aromatic rings. The first-order valence-corrected chi connectivity index (χ1v) is 9.35. The minimum absolute atomic E-state index is 0.467. The molecule has 0 bridgehead atoms. The number of rotatable bonds is 10. The van der Waals surface area contributed by atoms with Crippen molar-refractivity contribution in [3.05, 3.63) is 30.1 Å². The minimum atomic E-state index is 0.467. The number of aromatic nitrogens is 2. The van der Waals surface area contributed by atoms with Crippen LogP contribution in [0.5, 0.6) is 0 Å². The van der Waals surface area contributed by atoms with Crippen molar-refractivity contribution in [2.75, 3.05) is 19.6 Å². The van der Waals surface area contributed by atoms with Crippen molar-refractivity contribution < 1.29 is 0 Å². The summed E-state index contributed by atoms with van der Waals surface area (Å²) in [6, 6.07) is 8.98. The van der Waals surface area contributed by atoms with Gasteiger partial charge >= 0.3 is 0 Å². The Labute approximate surface area is 141 Å². The summed E-state index contributed by atoms with van der Waals surface area (Å²) in [5.74, 6) is 1.25. The summed E-state index contributed by atoms with van der Waals surface area (Å²) < 4.78 is 2.41. The molecule has 0 aliphatic rings. The highest BCUT2D eigenvalue weighted by Crippen LogP contribution is 2.22. The monoisotopic (exact) mass is 315 g/mol. The SMILES string of the molecule is CCCN(CCC)CCCCc1nc2ccccc2n1C(C)C. The molecule has 0 atom stereocenters. The lowest BCUT2D eigenvalue weighted by molar-refractivity contribution is 0.268. The fraction of sp³-hybridized carbons (Fsp3) is 0.650. The average molecular weight is 316 g/mol. The minimum Gasteiger partial charge on any atom is -0.325 e. The highest BCUT2D eigenvalue weighted by Gasteiger charge is 2.12. The van der Waals surface area contributed by atoms with Crippen LogP contribution in [0, 0.1) is 0 Å². The summed E-state index contributed by atoms with van der Waals surface area (Å²) in [6.45, 7) is 12.7. The number of imidazole rings is 1. The molecule has 0 aliphatic heterocycles. The Balaban J connectivity index is 1.95. The Hall–Kier alpha value is -1.35. The Kier molecular flexibility index (Phi) is 7.10. The van der Waals surface area contributed by atoms with Crippen LogP contribution in [0.3, 0.4) is 0 Å². The number of unbranched alkanes of at least 4 members (excludes halogenated alkanes) is 1. The van der Waals surface area contributed by atoms with Crippen molar-refractivity contribution in [2.24, 2.45) is 0 Å². The quantitative estimate of drug-likeness (QED) is 0.571. The van der Waals surface area contributed by atoms with Crippen LogP contribution < -0.4 is 0 Å². The maximum absolute atomic E-state index is 4.87. The summed E-state index contributed by atoms with van der Waals surface area (Å²) in [7, 11) is 0.